The van der Waals surface area contributed by atoms with Gasteiger partial charge in [-0.3, -0.25) is 14.3 Å². The van der Waals surface area contributed by atoms with Crippen LogP contribution in [0.5, 0.6) is 0 Å². The fourth-order valence-corrected chi connectivity index (χ4v) is 2.59. The number of benzene rings is 1. The topological polar surface area (TPSA) is 72.7 Å². The second kappa shape index (κ2) is 7.01. The summed E-state index contributed by atoms with van der Waals surface area (Å²) < 4.78 is 14.6. The van der Waals surface area contributed by atoms with Crippen molar-refractivity contribution >= 4 is 23.4 Å². The number of hydrogen-bond acceptors (Lipinski definition) is 5. The minimum Gasteiger partial charge on any atom is -0.325 e. The lowest BCUT2D eigenvalue weighted by Gasteiger charge is -2.06. The van der Waals surface area contributed by atoms with E-state index in [1.165, 1.54) is 36.0 Å². The summed E-state index contributed by atoms with van der Waals surface area (Å²) >= 11 is 1.25. The van der Waals surface area contributed by atoms with E-state index in [9.17, 15) is 9.18 Å². The van der Waals surface area contributed by atoms with Crippen LogP contribution in [0.25, 0.3) is 5.69 Å². The van der Waals surface area contributed by atoms with Crippen LogP contribution in [0.1, 0.15) is 0 Å². The van der Waals surface area contributed by atoms with Gasteiger partial charge in [0.1, 0.15) is 12.1 Å². The molecule has 0 aliphatic heterocycles. The summed E-state index contributed by atoms with van der Waals surface area (Å²) in [6.07, 6.45) is 4.93. The van der Waals surface area contributed by atoms with E-state index in [2.05, 4.69) is 20.5 Å². The van der Waals surface area contributed by atoms with Gasteiger partial charge >= 0.3 is 0 Å². The van der Waals surface area contributed by atoms with Crippen molar-refractivity contribution in [3.05, 3.63) is 60.9 Å². The highest BCUT2D eigenvalue weighted by Crippen LogP contribution is 2.19. The third-order valence-electron chi connectivity index (χ3n) is 2.90. The third-order valence-corrected chi connectivity index (χ3v) is 3.84. The van der Waals surface area contributed by atoms with E-state index in [1.54, 1.807) is 23.3 Å². The molecular weight excluding hydrogens is 317 g/mol. The number of carbonyl (C=O) groups is 1. The van der Waals surface area contributed by atoms with Crippen molar-refractivity contribution in [3.63, 3.8) is 0 Å². The van der Waals surface area contributed by atoms with Gasteiger partial charge in [0.25, 0.3) is 0 Å². The van der Waals surface area contributed by atoms with Gasteiger partial charge in [-0.05, 0) is 36.4 Å². The molecule has 1 amide bonds. The van der Waals surface area contributed by atoms with Crippen molar-refractivity contribution in [2.24, 2.45) is 0 Å². The minimum absolute atomic E-state index is 0.163. The van der Waals surface area contributed by atoms with Crippen LogP contribution < -0.4 is 5.32 Å². The molecule has 23 heavy (non-hydrogen) atoms. The van der Waals surface area contributed by atoms with Crippen molar-refractivity contribution in [1.82, 2.24) is 19.7 Å². The lowest BCUT2D eigenvalue weighted by Crippen LogP contribution is -2.14. The number of amides is 1. The van der Waals surface area contributed by atoms with Crippen molar-refractivity contribution < 1.29 is 9.18 Å². The van der Waals surface area contributed by atoms with Gasteiger partial charge < -0.3 is 5.32 Å². The van der Waals surface area contributed by atoms with Gasteiger partial charge in [0, 0.05) is 11.9 Å². The Balaban J connectivity index is 1.62. The summed E-state index contributed by atoms with van der Waals surface area (Å²) in [6.45, 7) is 0. The molecule has 0 fully saturated rings. The average Bonchev–Trinajstić information content (AvgIpc) is 3.04. The van der Waals surface area contributed by atoms with Crippen LogP contribution >= 0.6 is 11.8 Å². The molecule has 0 aliphatic rings. The Kier molecular flexibility index (Phi) is 4.62. The Bertz CT molecular complexity index is 791. The van der Waals surface area contributed by atoms with Gasteiger partial charge in [-0.1, -0.05) is 11.8 Å². The predicted octanol–water partition coefficient (Wildman–Crippen LogP) is 2.53. The number of carbonyl (C=O) groups excluding carboxylic acids is 1. The highest BCUT2D eigenvalue weighted by atomic mass is 32.2. The van der Waals surface area contributed by atoms with Crippen LogP contribution in [0, 0.1) is 5.82 Å². The molecule has 0 radical (unpaired) electrons. The van der Waals surface area contributed by atoms with Crippen LogP contribution in [0.3, 0.4) is 0 Å². The van der Waals surface area contributed by atoms with Gasteiger partial charge in [-0.15, -0.1) is 10.2 Å². The van der Waals surface area contributed by atoms with Crippen LogP contribution in [-0.4, -0.2) is 31.4 Å². The summed E-state index contributed by atoms with van der Waals surface area (Å²) in [7, 11) is 0. The first-order chi connectivity index (χ1) is 11.2. The molecule has 6 nitrogen and oxygen atoms in total. The molecule has 3 aromatic rings. The second-order valence-electron chi connectivity index (χ2n) is 4.54. The van der Waals surface area contributed by atoms with Crippen molar-refractivity contribution in [2.45, 2.75) is 5.16 Å². The number of anilines is 1. The zero-order chi connectivity index (χ0) is 16.1. The second-order valence-corrected chi connectivity index (χ2v) is 5.48. The lowest BCUT2D eigenvalue weighted by molar-refractivity contribution is -0.113. The normalized spacial score (nSPS) is 10.5. The van der Waals surface area contributed by atoms with Crippen molar-refractivity contribution in [1.29, 1.82) is 0 Å². The highest BCUT2D eigenvalue weighted by Gasteiger charge is 2.10. The van der Waals surface area contributed by atoms with Gasteiger partial charge in [-0.25, -0.2) is 4.39 Å². The molecule has 116 valence electrons. The fraction of sp³-hybridized carbons (Fsp3) is 0.0667. The van der Waals surface area contributed by atoms with E-state index in [4.69, 9.17) is 0 Å². The molecular formula is C15H12FN5OS. The Hall–Kier alpha value is -2.74. The smallest absolute Gasteiger partial charge is 0.234 e. The molecule has 0 saturated carbocycles. The first kappa shape index (κ1) is 15.2. The van der Waals surface area contributed by atoms with Crippen molar-refractivity contribution in [3.8, 4) is 5.69 Å². The Labute approximate surface area is 135 Å². The number of aromatic nitrogens is 4. The number of rotatable bonds is 5. The van der Waals surface area contributed by atoms with E-state index in [0.717, 1.165) is 5.69 Å². The van der Waals surface area contributed by atoms with Crippen LogP contribution in [0.15, 0.2) is 60.3 Å². The number of nitrogens with one attached hydrogen (secondary N) is 1. The molecule has 0 spiro atoms. The molecule has 0 bridgehead atoms. The first-order valence-corrected chi connectivity index (χ1v) is 7.69. The summed E-state index contributed by atoms with van der Waals surface area (Å²) in [5.41, 5.74) is 1.37. The SMILES string of the molecule is O=C(CSc1nncn1-c1cccnc1)Nc1ccc(F)cc1. The zero-order valence-electron chi connectivity index (χ0n) is 11.9. The number of hydrogen-bond donors (Lipinski definition) is 1. The van der Waals surface area contributed by atoms with Gasteiger partial charge in [0.15, 0.2) is 5.16 Å². The fourth-order valence-electron chi connectivity index (χ4n) is 1.86. The molecule has 0 aliphatic carbocycles. The molecule has 3 rings (SSSR count). The maximum atomic E-state index is 12.8. The molecule has 0 saturated heterocycles. The summed E-state index contributed by atoms with van der Waals surface area (Å²) in [5.74, 6) is -0.389. The maximum Gasteiger partial charge on any atom is 0.234 e. The maximum absolute atomic E-state index is 12.8. The molecule has 8 heteroatoms. The van der Waals surface area contributed by atoms with E-state index in [1.807, 2.05) is 12.1 Å². The summed E-state index contributed by atoms with van der Waals surface area (Å²) in [5, 5.41) is 11.1. The van der Waals surface area contributed by atoms with Crippen LogP contribution in [-0.2, 0) is 4.79 Å². The molecule has 2 aromatic heterocycles. The third kappa shape index (κ3) is 3.92. The Morgan fingerprint density at radius 1 is 1.26 bits per heavy atom. The Morgan fingerprint density at radius 2 is 2.09 bits per heavy atom. The Morgan fingerprint density at radius 3 is 2.83 bits per heavy atom. The summed E-state index contributed by atoms with van der Waals surface area (Å²) in [6, 6.07) is 9.29. The molecule has 0 unspecified atom stereocenters. The zero-order valence-corrected chi connectivity index (χ0v) is 12.7. The quantitative estimate of drug-likeness (QED) is 0.728. The number of thioether (sulfide) groups is 1. The van der Waals surface area contributed by atoms with Crippen LogP contribution in [0.4, 0.5) is 10.1 Å². The minimum atomic E-state index is -0.345. The molecule has 0 atom stereocenters. The first-order valence-electron chi connectivity index (χ1n) is 6.71. The van der Waals surface area contributed by atoms with Crippen LogP contribution in [0.2, 0.25) is 0 Å². The van der Waals surface area contributed by atoms with Gasteiger partial charge in [0.2, 0.25) is 5.91 Å². The number of pyridine rings is 1. The lowest BCUT2D eigenvalue weighted by atomic mass is 10.3. The van der Waals surface area contributed by atoms with Gasteiger partial charge in [0.05, 0.1) is 17.6 Å². The number of halogens is 1. The van der Waals surface area contributed by atoms with Gasteiger partial charge in [-0.2, -0.15) is 0 Å². The highest BCUT2D eigenvalue weighted by molar-refractivity contribution is 7.99. The largest absolute Gasteiger partial charge is 0.325 e. The average molecular weight is 329 g/mol. The molecule has 1 aromatic carbocycles. The van der Waals surface area contributed by atoms with Crippen molar-refractivity contribution in [2.75, 3.05) is 11.1 Å². The standard InChI is InChI=1S/C15H12FN5OS/c16-11-3-5-12(6-4-11)19-14(22)9-23-15-20-18-10-21(15)13-2-1-7-17-8-13/h1-8,10H,9H2,(H,19,22). The van der Waals surface area contributed by atoms with E-state index >= 15 is 0 Å². The van der Waals surface area contributed by atoms with E-state index in [-0.39, 0.29) is 17.5 Å². The summed E-state index contributed by atoms with van der Waals surface area (Å²) in [4.78, 5) is 16.0. The monoisotopic (exact) mass is 329 g/mol. The molecule has 2 heterocycles. The van der Waals surface area contributed by atoms with E-state index in [0.29, 0.717) is 10.8 Å². The number of nitrogens with zero attached hydrogens (tertiary/aromatic N) is 4. The molecule has 1 N–H and O–H groups in total. The predicted molar refractivity (Wildman–Crippen MR) is 84.9 cm³/mol. The van der Waals surface area contributed by atoms with E-state index < -0.39 is 0 Å².